The number of carbonyl (C=O) groups is 1. The van der Waals surface area contributed by atoms with Crippen LogP contribution in [0.1, 0.15) is 16.2 Å². The number of carbonyl (C=O) groups excluding carboxylic acids is 1. The largest absolute Gasteiger partial charge is 0.433 e. The van der Waals surface area contributed by atoms with E-state index in [1.807, 2.05) is 0 Å². The molecule has 0 unspecified atom stereocenters. The van der Waals surface area contributed by atoms with Crippen molar-refractivity contribution in [3.05, 3.63) is 52.4 Å². The maximum absolute atomic E-state index is 13.7. The second kappa shape index (κ2) is 8.88. The van der Waals surface area contributed by atoms with Crippen molar-refractivity contribution in [2.24, 2.45) is 0 Å². The molecule has 4 aromatic rings. The zero-order valence-electron chi connectivity index (χ0n) is 16.5. The van der Waals surface area contributed by atoms with Gasteiger partial charge in [0.25, 0.3) is 5.91 Å². The number of nitrogens with zero attached hydrogens (tertiary/aromatic N) is 5. The summed E-state index contributed by atoms with van der Waals surface area (Å²) in [6, 6.07) is 4.02. The summed E-state index contributed by atoms with van der Waals surface area (Å²) in [5.41, 5.74) is -2.07. The van der Waals surface area contributed by atoms with Crippen molar-refractivity contribution in [3.8, 4) is 10.6 Å². The third-order valence-electron chi connectivity index (χ3n) is 4.19. The number of ether oxygens (including phenoxy) is 1. The second-order valence-corrected chi connectivity index (χ2v) is 8.04. The van der Waals surface area contributed by atoms with Crippen LogP contribution in [0.25, 0.3) is 16.2 Å². The van der Waals surface area contributed by atoms with E-state index in [9.17, 15) is 31.1 Å². The number of anilines is 1. The Morgan fingerprint density at radius 2 is 2.00 bits per heavy atom. The fourth-order valence-electron chi connectivity index (χ4n) is 2.83. The minimum Gasteiger partial charge on any atom is -0.350 e. The average molecular weight is 525 g/mol. The third-order valence-corrected chi connectivity index (χ3v) is 5.43. The Balaban J connectivity index is 1.61. The molecule has 4 rings (SSSR count). The Hall–Kier alpha value is -3.17. The molecule has 1 N–H and O–H groups in total. The van der Waals surface area contributed by atoms with E-state index in [4.69, 9.17) is 11.6 Å². The van der Waals surface area contributed by atoms with Crippen molar-refractivity contribution >= 4 is 40.2 Å². The minimum atomic E-state index is -4.83. The van der Waals surface area contributed by atoms with E-state index in [1.165, 1.54) is 11.3 Å². The van der Waals surface area contributed by atoms with Gasteiger partial charge in [-0.05, 0) is 17.5 Å². The zero-order valence-corrected chi connectivity index (χ0v) is 18.1. The predicted molar refractivity (Wildman–Crippen MR) is 108 cm³/mol. The molecule has 1 amide bonds. The quantitative estimate of drug-likeness (QED) is 0.354. The number of hydrogen-bond donors (Lipinski definition) is 1. The molecule has 16 heteroatoms. The van der Waals surface area contributed by atoms with Crippen LogP contribution >= 0.6 is 22.9 Å². The molecule has 34 heavy (non-hydrogen) atoms. The lowest BCUT2D eigenvalue weighted by atomic mass is 10.2. The van der Waals surface area contributed by atoms with Gasteiger partial charge in [-0.3, -0.25) is 4.79 Å². The number of rotatable bonds is 6. The van der Waals surface area contributed by atoms with Gasteiger partial charge in [-0.15, -0.1) is 11.3 Å². The summed E-state index contributed by atoms with van der Waals surface area (Å²) in [6.07, 6.45) is -7.08. The SMILES string of the molecule is O=C(Nc1cnn(COCC(F)(F)F)c1)c1nn2c(C(F)(F)F)cc(-c3cccs3)nc2c1Cl. The summed E-state index contributed by atoms with van der Waals surface area (Å²) in [5.74, 6) is -0.975. The molecular formula is C18H11ClF6N6O2S. The highest BCUT2D eigenvalue weighted by molar-refractivity contribution is 7.13. The van der Waals surface area contributed by atoms with Crippen LogP contribution in [0.15, 0.2) is 36.0 Å². The lowest BCUT2D eigenvalue weighted by Crippen LogP contribution is -2.18. The van der Waals surface area contributed by atoms with Gasteiger partial charge < -0.3 is 10.1 Å². The van der Waals surface area contributed by atoms with E-state index in [-0.39, 0.29) is 17.0 Å². The van der Waals surface area contributed by atoms with E-state index in [0.717, 1.165) is 23.1 Å². The molecule has 0 spiro atoms. The molecule has 0 aliphatic heterocycles. The zero-order chi connectivity index (χ0) is 24.7. The van der Waals surface area contributed by atoms with Gasteiger partial charge >= 0.3 is 12.4 Å². The molecule has 0 aliphatic rings. The van der Waals surface area contributed by atoms with Gasteiger partial charge in [0.1, 0.15) is 18.4 Å². The summed E-state index contributed by atoms with van der Waals surface area (Å²) < 4.78 is 83.4. The van der Waals surface area contributed by atoms with Crippen LogP contribution in [0.2, 0.25) is 5.02 Å². The van der Waals surface area contributed by atoms with Gasteiger partial charge in [0.05, 0.1) is 28.7 Å². The van der Waals surface area contributed by atoms with Gasteiger partial charge in [0.2, 0.25) is 0 Å². The summed E-state index contributed by atoms with van der Waals surface area (Å²) in [5, 5.41) is 11.0. The number of aromatic nitrogens is 5. The number of alkyl halides is 6. The van der Waals surface area contributed by atoms with E-state index in [1.54, 1.807) is 17.5 Å². The topological polar surface area (TPSA) is 86.3 Å². The molecule has 0 bridgehead atoms. The van der Waals surface area contributed by atoms with Crippen molar-refractivity contribution in [1.82, 2.24) is 24.4 Å². The van der Waals surface area contributed by atoms with Crippen LogP contribution in [0.4, 0.5) is 32.0 Å². The van der Waals surface area contributed by atoms with Gasteiger partial charge in [-0.1, -0.05) is 17.7 Å². The smallest absolute Gasteiger partial charge is 0.350 e. The maximum Gasteiger partial charge on any atom is 0.433 e. The number of nitrogens with one attached hydrogen (secondary N) is 1. The Kier molecular flexibility index (Phi) is 6.26. The Morgan fingerprint density at radius 1 is 1.24 bits per heavy atom. The molecule has 8 nitrogen and oxygen atoms in total. The van der Waals surface area contributed by atoms with E-state index >= 15 is 0 Å². The molecule has 0 atom stereocenters. The van der Waals surface area contributed by atoms with Gasteiger partial charge in [-0.2, -0.15) is 36.5 Å². The molecule has 0 saturated heterocycles. The number of hydrogen-bond acceptors (Lipinski definition) is 6. The molecule has 4 heterocycles. The molecular weight excluding hydrogens is 514 g/mol. The number of fused-ring (bicyclic) bond motifs is 1. The molecule has 4 aromatic heterocycles. The fraction of sp³-hybridized carbons (Fsp3) is 0.222. The van der Waals surface area contributed by atoms with E-state index < -0.39 is 48.0 Å². The first-order valence-corrected chi connectivity index (χ1v) is 10.4. The number of halogens is 7. The normalized spacial score (nSPS) is 12.4. The van der Waals surface area contributed by atoms with Gasteiger partial charge in [-0.25, -0.2) is 14.2 Å². The van der Waals surface area contributed by atoms with Gasteiger partial charge in [0.15, 0.2) is 17.0 Å². The first-order valence-electron chi connectivity index (χ1n) is 9.11. The molecule has 0 saturated carbocycles. The summed E-state index contributed by atoms with van der Waals surface area (Å²) in [6.45, 7) is -2.04. The van der Waals surface area contributed by atoms with Crippen LogP contribution in [-0.4, -0.2) is 43.1 Å². The Morgan fingerprint density at radius 3 is 2.65 bits per heavy atom. The highest BCUT2D eigenvalue weighted by atomic mass is 35.5. The summed E-state index contributed by atoms with van der Waals surface area (Å²) in [7, 11) is 0. The fourth-order valence-corrected chi connectivity index (χ4v) is 3.77. The average Bonchev–Trinajstić information content (AvgIpc) is 3.47. The van der Waals surface area contributed by atoms with Crippen molar-refractivity contribution in [1.29, 1.82) is 0 Å². The molecule has 0 aliphatic carbocycles. The van der Waals surface area contributed by atoms with Gasteiger partial charge in [0, 0.05) is 0 Å². The first-order chi connectivity index (χ1) is 15.9. The highest BCUT2D eigenvalue weighted by Gasteiger charge is 2.37. The minimum absolute atomic E-state index is 0.00344. The van der Waals surface area contributed by atoms with Crippen LogP contribution in [-0.2, 0) is 17.6 Å². The summed E-state index contributed by atoms with van der Waals surface area (Å²) >= 11 is 7.34. The van der Waals surface area contributed by atoms with Crippen LogP contribution < -0.4 is 5.32 Å². The monoisotopic (exact) mass is 524 g/mol. The Labute approximate surface area is 194 Å². The maximum atomic E-state index is 13.7. The number of amides is 1. The molecule has 180 valence electrons. The van der Waals surface area contributed by atoms with Crippen LogP contribution in [0.3, 0.4) is 0 Å². The molecule has 0 fully saturated rings. The lowest BCUT2D eigenvalue weighted by molar-refractivity contribution is -0.182. The van der Waals surface area contributed by atoms with Crippen LogP contribution in [0.5, 0.6) is 0 Å². The number of thiophene rings is 1. The second-order valence-electron chi connectivity index (χ2n) is 6.72. The highest BCUT2D eigenvalue weighted by Crippen LogP contribution is 2.35. The van der Waals surface area contributed by atoms with Crippen molar-refractivity contribution in [2.75, 3.05) is 11.9 Å². The van der Waals surface area contributed by atoms with E-state index in [0.29, 0.717) is 9.39 Å². The first kappa shape index (κ1) is 24.0. The van der Waals surface area contributed by atoms with Crippen LogP contribution in [0, 0.1) is 0 Å². The standard InChI is InChI=1S/C18H11ClF6N6O2S/c19-13-14(16(32)27-9-5-26-30(6-9)8-33-7-17(20,21)22)29-31-12(18(23,24)25)4-10(28-15(13)31)11-2-1-3-34-11/h1-6H,7-8H2,(H,27,32). The molecule has 0 radical (unpaired) electrons. The molecule has 0 aromatic carbocycles. The summed E-state index contributed by atoms with van der Waals surface area (Å²) in [4.78, 5) is 17.2. The lowest BCUT2D eigenvalue weighted by Gasteiger charge is -2.10. The Bertz CT molecular complexity index is 1330. The predicted octanol–water partition coefficient (Wildman–Crippen LogP) is 5.12. The third kappa shape index (κ3) is 5.15. The van der Waals surface area contributed by atoms with Crippen molar-refractivity contribution in [3.63, 3.8) is 0 Å². The van der Waals surface area contributed by atoms with Crippen molar-refractivity contribution in [2.45, 2.75) is 19.1 Å². The van der Waals surface area contributed by atoms with E-state index in [2.05, 4.69) is 25.2 Å². The van der Waals surface area contributed by atoms with Crippen molar-refractivity contribution < 1.29 is 35.9 Å².